The van der Waals surface area contributed by atoms with Gasteiger partial charge >= 0.3 is 0 Å². The molecular weight excluding hydrogens is 420 g/mol. The third-order valence-electron chi connectivity index (χ3n) is 6.00. The first-order chi connectivity index (χ1) is 16.3. The molecule has 0 saturated heterocycles. The van der Waals surface area contributed by atoms with Crippen molar-refractivity contribution in [3.8, 4) is 11.1 Å². The molecule has 3 rings (SSSR count). The van der Waals surface area contributed by atoms with Gasteiger partial charge in [-0.05, 0) is 59.4 Å². The van der Waals surface area contributed by atoms with Crippen LogP contribution in [0.15, 0.2) is 36.4 Å². The van der Waals surface area contributed by atoms with Crippen molar-refractivity contribution in [3.63, 3.8) is 0 Å². The fourth-order valence-corrected chi connectivity index (χ4v) is 4.35. The largest absolute Gasteiger partial charge is 0.382 e. The van der Waals surface area contributed by atoms with E-state index in [2.05, 4.69) is 36.4 Å². The van der Waals surface area contributed by atoms with Crippen molar-refractivity contribution in [3.05, 3.63) is 59.7 Å². The van der Waals surface area contributed by atoms with Crippen LogP contribution in [0.2, 0.25) is 0 Å². The van der Waals surface area contributed by atoms with Gasteiger partial charge in [0.05, 0.1) is 52.9 Å². The summed E-state index contributed by atoms with van der Waals surface area (Å²) in [5.74, 6) is 0. The maximum atomic E-state index is 5.95. The molecule has 6 nitrogen and oxygen atoms in total. The van der Waals surface area contributed by atoms with Gasteiger partial charge in [0.15, 0.2) is 0 Å². The maximum absolute atomic E-state index is 5.95. The van der Waals surface area contributed by atoms with Crippen LogP contribution in [-0.2, 0) is 33.8 Å². The van der Waals surface area contributed by atoms with Gasteiger partial charge < -0.3 is 28.4 Å². The summed E-state index contributed by atoms with van der Waals surface area (Å²) in [6.45, 7) is 5.91. The predicted octanol–water partition coefficient (Wildman–Crippen LogP) is 3.69. The number of benzene rings is 2. The van der Waals surface area contributed by atoms with E-state index in [1.54, 1.807) is 14.2 Å². The molecule has 0 amide bonds. The first-order valence-corrected chi connectivity index (χ1v) is 11.6. The summed E-state index contributed by atoms with van der Waals surface area (Å²) in [6.07, 6.45) is 1.71. The molecule has 1 aliphatic carbocycles. The molecule has 2 aromatic carbocycles. The highest BCUT2D eigenvalue weighted by molar-refractivity contribution is 5.80. The van der Waals surface area contributed by atoms with Crippen molar-refractivity contribution < 1.29 is 28.4 Å². The van der Waals surface area contributed by atoms with E-state index in [0.717, 1.165) is 12.8 Å². The molecule has 180 valence electrons. The van der Waals surface area contributed by atoms with Crippen LogP contribution < -0.4 is 0 Å². The Hall–Kier alpha value is -1.80. The predicted molar refractivity (Wildman–Crippen MR) is 127 cm³/mol. The molecule has 1 aliphatic rings. The standard InChI is InChI=1S/C27H36O6/c1-28-15-17-32-21-19-30-13-11-27(12-14-31-20-22-33-18-16-29-2)25-9-5-3-7-23(25)24-8-4-6-10-26(24)27/h3-4,7-10H,11-22H2,1-2H3. The van der Waals surface area contributed by atoms with Crippen LogP contribution in [-0.4, -0.2) is 80.3 Å². The van der Waals surface area contributed by atoms with Crippen molar-refractivity contribution in [2.45, 2.75) is 18.3 Å². The Bertz CT molecular complexity index is 741. The maximum Gasteiger partial charge on any atom is 0.0701 e. The highest BCUT2D eigenvalue weighted by Gasteiger charge is 2.42. The van der Waals surface area contributed by atoms with Crippen molar-refractivity contribution in [2.75, 3.05) is 80.3 Å². The van der Waals surface area contributed by atoms with Crippen molar-refractivity contribution in [1.82, 2.24) is 0 Å². The van der Waals surface area contributed by atoms with Gasteiger partial charge in [0.25, 0.3) is 0 Å². The average Bonchev–Trinajstić information content (AvgIpc) is 3.13. The summed E-state index contributed by atoms with van der Waals surface area (Å²) in [6, 6.07) is 19.1. The highest BCUT2D eigenvalue weighted by atomic mass is 16.5. The van der Waals surface area contributed by atoms with Crippen LogP contribution in [0, 0.1) is 12.1 Å². The normalized spacial score (nSPS) is 13.8. The molecule has 0 heterocycles. The van der Waals surface area contributed by atoms with Gasteiger partial charge in [-0.3, -0.25) is 0 Å². The molecule has 0 bridgehead atoms. The lowest BCUT2D eigenvalue weighted by atomic mass is 9.73. The fraction of sp³-hybridized carbons (Fsp3) is 0.556. The highest BCUT2D eigenvalue weighted by Crippen LogP contribution is 2.52. The molecule has 0 unspecified atom stereocenters. The third-order valence-corrected chi connectivity index (χ3v) is 6.00. The molecule has 0 saturated carbocycles. The first-order valence-electron chi connectivity index (χ1n) is 11.6. The van der Waals surface area contributed by atoms with Gasteiger partial charge in [-0.1, -0.05) is 24.3 Å². The Kier molecular flexibility index (Phi) is 11.3. The van der Waals surface area contributed by atoms with Crippen molar-refractivity contribution >= 4 is 0 Å². The molecule has 0 aromatic heterocycles. The Balaban J connectivity index is 1.61. The molecule has 2 aromatic rings. The number of fused-ring (bicyclic) bond motifs is 3. The van der Waals surface area contributed by atoms with Crippen LogP contribution in [0.5, 0.6) is 0 Å². The van der Waals surface area contributed by atoms with Crippen LogP contribution in [0.3, 0.4) is 0 Å². The van der Waals surface area contributed by atoms with Gasteiger partial charge in [0.1, 0.15) is 0 Å². The van der Waals surface area contributed by atoms with Crippen LogP contribution in [0.4, 0.5) is 0 Å². The van der Waals surface area contributed by atoms with E-state index in [4.69, 9.17) is 28.4 Å². The zero-order valence-electron chi connectivity index (χ0n) is 19.9. The molecule has 0 atom stereocenters. The second-order valence-electron chi connectivity index (χ2n) is 7.96. The molecule has 2 radical (unpaired) electrons. The summed E-state index contributed by atoms with van der Waals surface area (Å²) in [7, 11) is 3.34. The second-order valence-corrected chi connectivity index (χ2v) is 7.96. The summed E-state index contributed by atoms with van der Waals surface area (Å²) >= 11 is 0. The third kappa shape index (κ3) is 7.09. The molecule has 0 fully saturated rings. The smallest absolute Gasteiger partial charge is 0.0701 e. The van der Waals surface area contributed by atoms with E-state index in [1.165, 1.54) is 22.3 Å². The SMILES string of the molecule is COCCOCCOCCC1(CCOCCOCCOC)c2c[c]ccc2-c2cc[c]cc21. The lowest BCUT2D eigenvalue weighted by Gasteiger charge is -2.32. The van der Waals surface area contributed by atoms with E-state index < -0.39 is 0 Å². The van der Waals surface area contributed by atoms with Crippen molar-refractivity contribution in [1.29, 1.82) is 0 Å². The minimum Gasteiger partial charge on any atom is -0.382 e. The summed E-state index contributed by atoms with van der Waals surface area (Å²) in [5.41, 5.74) is 4.93. The first kappa shape index (κ1) is 25.8. The second kappa shape index (κ2) is 14.5. The fourth-order valence-electron chi connectivity index (χ4n) is 4.35. The topological polar surface area (TPSA) is 55.4 Å². The quantitative estimate of drug-likeness (QED) is 0.319. The monoisotopic (exact) mass is 456 g/mol. The number of rotatable bonds is 18. The van der Waals surface area contributed by atoms with Gasteiger partial charge in [0, 0.05) is 32.8 Å². The minimum atomic E-state index is -0.187. The number of ether oxygens (including phenoxy) is 6. The Morgan fingerprint density at radius 3 is 1.39 bits per heavy atom. The molecule has 6 heteroatoms. The van der Waals surface area contributed by atoms with Gasteiger partial charge in [-0.2, -0.15) is 0 Å². The number of hydrogen-bond donors (Lipinski definition) is 0. The van der Waals surface area contributed by atoms with E-state index in [0.29, 0.717) is 66.1 Å². The Morgan fingerprint density at radius 1 is 0.576 bits per heavy atom. The zero-order valence-corrected chi connectivity index (χ0v) is 19.9. The van der Waals surface area contributed by atoms with Crippen LogP contribution in [0.1, 0.15) is 24.0 Å². The molecule has 0 N–H and O–H groups in total. The van der Waals surface area contributed by atoms with Gasteiger partial charge in [-0.15, -0.1) is 0 Å². The lowest BCUT2D eigenvalue weighted by Crippen LogP contribution is -2.29. The van der Waals surface area contributed by atoms with Gasteiger partial charge in [-0.25, -0.2) is 0 Å². The van der Waals surface area contributed by atoms with Crippen molar-refractivity contribution in [2.24, 2.45) is 0 Å². The Labute approximate surface area is 198 Å². The van der Waals surface area contributed by atoms with Crippen LogP contribution in [0.25, 0.3) is 11.1 Å². The lowest BCUT2D eigenvalue weighted by molar-refractivity contribution is 0.0145. The van der Waals surface area contributed by atoms with E-state index >= 15 is 0 Å². The Morgan fingerprint density at radius 2 is 0.970 bits per heavy atom. The number of methoxy groups -OCH3 is 2. The van der Waals surface area contributed by atoms with E-state index in [1.807, 2.05) is 12.1 Å². The molecular formula is C27H36O6. The van der Waals surface area contributed by atoms with Gasteiger partial charge in [0.2, 0.25) is 0 Å². The number of hydrogen-bond acceptors (Lipinski definition) is 6. The minimum absolute atomic E-state index is 0.187. The summed E-state index contributed by atoms with van der Waals surface area (Å²) < 4.78 is 32.9. The van der Waals surface area contributed by atoms with E-state index in [-0.39, 0.29) is 5.41 Å². The molecule has 0 aliphatic heterocycles. The summed E-state index contributed by atoms with van der Waals surface area (Å²) in [5, 5.41) is 0. The molecule has 0 spiro atoms. The van der Waals surface area contributed by atoms with Crippen LogP contribution >= 0.6 is 0 Å². The van der Waals surface area contributed by atoms with E-state index in [9.17, 15) is 0 Å². The zero-order chi connectivity index (χ0) is 23.2. The average molecular weight is 457 g/mol. The summed E-state index contributed by atoms with van der Waals surface area (Å²) in [4.78, 5) is 0. The molecule has 33 heavy (non-hydrogen) atoms.